The molecule has 2 rings (SSSR count). The largest absolute Gasteiger partial charge is 0.475 e. The molecule has 2 aromatic heterocycles. The number of sulfonamides is 1. The predicted octanol–water partition coefficient (Wildman–Crippen LogP) is 0.622. The zero-order chi connectivity index (χ0) is 15.5. The molecule has 0 atom stereocenters. The summed E-state index contributed by atoms with van der Waals surface area (Å²) in [5, 5.41) is 12.2. The molecular weight excluding hydrogens is 302 g/mol. The SMILES string of the molecule is COCCn1cc(NS(=O)(=O)c2ccc(C(=O)O)o2)cn1. The molecule has 114 valence electrons. The van der Waals surface area contributed by atoms with Gasteiger partial charge in [-0.1, -0.05) is 0 Å². The molecule has 0 saturated carbocycles. The van der Waals surface area contributed by atoms with Crippen molar-refractivity contribution in [2.45, 2.75) is 11.6 Å². The van der Waals surface area contributed by atoms with Gasteiger partial charge in [0.25, 0.3) is 10.0 Å². The number of hydrogen-bond acceptors (Lipinski definition) is 6. The summed E-state index contributed by atoms with van der Waals surface area (Å²) in [5.41, 5.74) is 0.236. The van der Waals surface area contributed by atoms with Gasteiger partial charge < -0.3 is 14.3 Å². The van der Waals surface area contributed by atoms with E-state index >= 15 is 0 Å². The molecule has 0 saturated heterocycles. The van der Waals surface area contributed by atoms with Gasteiger partial charge in [0.15, 0.2) is 0 Å². The number of rotatable bonds is 7. The normalized spacial score (nSPS) is 11.5. The monoisotopic (exact) mass is 315 g/mol. The van der Waals surface area contributed by atoms with Crippen molar-refractivity contribution < 1.29 is 27.5 Å². The number of nitrogens with zero attached hydrogens (tertiary/aromatic N) is 2. The van der Waals surface area contributed by atoms with E-state index in [1.54, 1.807) is 7.11 Å². The molecule has 2 heterocycles. The number of anilines is 1. The van der Waals surface area contributed by atoms with Crippen LogP contribution in [0.2, 0.25) is 0 Å². The van der Waals surface area contributed by atoms with Crippen LogP contribution in [0.25, 0.3) is 0 Å². The van der Waals surface area contributed by atoms with E-state index in [9.17, 15) is 13.2 Å². The number of carboxylic acid groups (broad SMARTS) is 1. The van der Waals surface area contributed by atoms with E-state index in [4.69, 9.17) is 14.3 Å². The van der Waals surface area contributed by atoms with Crippen molar-refractivity contribution in [2.24, 2.45) is 0 Å². The second kappa shape index (κ2) is 5.97. The third-order valence-electron chi connectivity index (χ3n) is 2.47. The Balaban J connectivity index is 2.13. The fraction of sp³-hybridized carbons (Fsp3) is 0.273. The van der Waals surface area contributed by atoms with E-state index in [1.807, 2.05) is 0 Å². The van der Waals surface area contributed by atoms with Crippen molar-refractivity contribution in [3.63, 3.8) is 0 Å². The van der Waals surface area contributed by atoms with Crippen LogP contribution in [0.15, 0.2) is 34.0 Å². The summed E-state index contributed by atoms with van der Waals surface area (Å²) in [6, 6.07) is 2.14. The Morgan fingerprint density at radius 1 is 1.52 bits per heavy atom. The van der Waals surface area contributed by atoms with Crippen LogP contribution in [0.1, 0.15) is 10.6 Å². The maximum absolute atomic E-state index is 12.0. The van der Waals surface area contributed by atoms with Gasteiger partial charge in [0, 0.05) is 13.3 Å². The number of furan rings is 1. The molecular formula is C11H13N3O6S. The van der Waals surface area contributed by atoms with Gasteiger partial charge in [0.1, 0.15) is 0 Å². The van der Waals surface area contributed by atoms with Gasteiger partial charge in [-0.2, -0.15) is 13.5 Å². The molecule has 0 spiro atoms. The highest BCUT2D eigenvalue weighted by Gasteiger charge is 2.21. The summed E-state index contributed by atoms with van der Waals surface area (Å²) in [5.74, 6) is -1.80. The fourth-order valence-corrected chi connectivity index (χ4v) is 2.47. The van der Waals surface area contributed by atoms with Crippen molar-refractivity contribution in [1.82, 2.24) is 9.78 Å². The maximum Gasteiger partial charge on any atom is 0.371 e. The Morgan fingerprint density at radius 2 is 2.29 bits per heavy atom. The molecule has 0 aliphatic carbocycles. The average Bonchev–Trinajstić information content (AvgIpc) is 3.04. The van der Waals surface area contributed by atoms with Gasteiger partial charge in [0.05, 0.1) is 25.0 Å². The second-order valence-electron chi connectivity index (χ2n) is 4.01. The molecule has 9 nitrogen and oxygen atoms in total. The van der Waals surface area contributed by atoms with Crippen molar-refractivity contribution in [3.05, 3.63) is 30.3 Å². The van der Waals surface area contributed by atoms with Crippen LogP contribution in [-0.2, 0) is 21.3 Å². The van der Waals surface area contributed by atoms with Crippen LogP contribution < -0.4 is 4.72 Å². The van der Waals surface area contributed by atoms with Crippen LogP contribution in [0.5, 0.6) is 0 Å². The highest BCUT2D eigenvalue weighted by atomic mass is 32.2. The number of methoxy groups -OCH3 is 1. The molecule has 0 aromatic carbocycles. The number of aromatic nitrogens is 2. The van der Waals surface area contributed by atoms with Crippen molar-refractivity contribution in [3.8, 4) is 0 Å². The van der Waals surface area contributed by atoms with Gasteiger partial charge in [-0.05, 0) is 12.1 Å². The summed E-state index contributed by atoms with van der Waals surface area (Å²) in [6.45, 7) is 0.913. The standard InChI is InChI=1S/C11H13N3O6S/c1-19-5-4-14-7-8(6-12-14)13-21(17,18)10-3-2-9(20-10)11(15)16/h2-3,6-7,13H,4-5H2,1H3,(H,15,16). The highest BCUT2D eigenvalue weighted by molar-refractivity contribution is 7.92. The number of ether oxygens (including phenoxy) is 1. The summed E-state index contributed by atoms with van der Waals surface area (Å²) in [6.07, 6.45) is 2.81. The van der Waals surface area contributed by atoms with Gasteiger partial charge in [-0.25, -0.2) is 4.79 Å². The first kappa shape index (κ1) is 15.1. The van der Waals surface area contributed by atoms with Crippen LogP contribution in [0, 0.1) is 0 Å². The summed E-state index contributed by atoms with van der Waals surface area (Å²) in [4.78, 5) is 10.7. The number of hydrogen-bond donors (Lipinski definition) is 2. The van der Waals surface area contributed by atoms with E-state index in [0.29, 0.717) is 13.2 Å². The fourth-order valence-electron chi connectivity index (χ4n) is 1.51. The van der Waals surface area contributed by atoms with E-state index < -0.39 is 26.8 Å². The van der Waals surface area contributed by atoms with Gasteiger partial charge in [0.2, 0.25) is 10.9 Å². The zero-order valence-electron chi connectivity index (χ0n) is 11.0. The van der Waals surface area contributed by atoms with Crippen LogP contribution in [0.4, 0.5) is 5.69 Å². The summed E-state index contributed by atoms with van der Waals surface area (Å²) >= 11 is 0. The minimum atomic E-state index is -4.00. The smallest absolute Gasteiger partial charge is 0.371 e. The Labute approximate surface area is 120 Å². The molecule has 10 heteroatoms. The van der Waals surface area contributed by atoms with Gasteiger partial charge in [-0.15, -0.1) is 0 Å². The van der Waals surface area contributed by atoms with E-state index in [1.165, 1.54) is 17.1 Å². The topological polar surface area (TPSA) is 124 Å². The lowest BCUT2D eigenvalue weighted by molar-refractivity contribution is 0.0656. The summed E-state index contributed by atoms with van der Waals surface area (Å²) in [7, 11) is -2.45. The molecule has 0 aliphatic heterocycles. The molecule has 2 N–H and O–H groups in total. The van der Waals surface area contributed by atoms with Crippen molar-refractivity contribution in [2.75, 3.05) is 18.4 Å². The number of carbonyl (C=O) groups is 1. The Hall–Kier alpha value is -2.33. The maximum atomic E-state index is 12.0. The Bertz CT molecular complexity index is 733. The molecule has 0 aliphatic rings. The van der Waals surface area contributed by atoms with Crippen LogP contribution in [0.3, 0.4) is 0 Å². The van der Waals surface area contributed by atoms with E-state index in [2.05, 4.69) is 9.82 Å². The van der Waals surface area contributed by atoms with E-state index in [-0.39, 0.29) is 5.69 Å². The van der Waals surface area contributed by atoms with Crippen LogP contribution in [-0.4, -0.2) is 43.0 Å². The molecule has 0 radical (unpaired) electrons. The first-order chi connectivity index (χ1) is 9.92. The molecule has 2 aromatic rings. The lowest BCUT2D eigenvalue weighted by atomic mass is 10.5. The van der Waals surface area contributed by atoms with Gasteiger partial charge >= 0.3 is 5.97 Å². The number of aromatic carboxylic acids is 1. The molecule has 21 heavy (non-hydrogen) atoms. The third kappa shape index (κ3) is 3.61. The minimum Gasteiger partial charge on any atom is -0.475 e. The average molecular weight is 315 g/mol. The number of carboxylic acids is 1. The predicted molar refractivity (Wildman–Crippen MR) is 70.6 cm³/mol. The molecule has 0 fully saturated rings. The third-order valence-corrected chi connectivity index (χ3v) is 3.72. The second-order valence-corrected chi connectivity index (χ2v) is 5.63. The molecule has 0 amide bonds. The minimum absolute atomic E-state index is 0.236. The van der Waals surface area contributed by atoms with Crippen molar-refractivity contribution >= 4 is 21.7 Å². The van der Waals surface area contributed by atoms with E-state index in [0.717, 1.165) is 12.1 Å². The highest BCUT2D eigenvalue weighted by Crippen LogP contribution is 2.18. The summed E-state index contributed by atoms with van der Waals surface area (Å²) < 4.78 is 37.4. The van der Waals surface area contributed by atoms with Crippen molar-refractivity contribution in [1.29, 1.82) is 0 Å². The number of nitrogens with one attached hydrogen (secondary N) is 1. The van der Waals surface area contributed by atoms with Crippen LogP contribution >= 0.6 is 0 Å². The lowest BCUT2D eigenvalue weighted by Gasteiger charge is -2.02. The molecule has 0 bridgehead atoms. The zero-order valence-corrected chi connectivity index (χ0v) is 11.8. The quantitative estimate of drug-likeness (QED) is 0.767. The lowest BCUT2D eigenvalue weighted by Crippen LogP contribution is -2.12. The Morgan fingerprint density at radius 3 is 2.90 bits per heavy atom. The molecule has 0 unspecified atom stereocenters. The van der Waals surface area contributed by atoms with Gasteiger partial charge in [-0.3, -0.25) is 9.40 Å². The Kier molecular flexibility index (Phi) is 4.29. The first-order valence-electron chi connectivity index (χ1n) is 5.80. The first-order valence-corrected chi connectivity index (χ1v) is 7.28.